The van der Waals surface area contributed by atoms with E-state index in [0.29, 0.717) is 10.6 Å². The first-order valence-corrected chi connectivity index (χ1v) is 6.07. The van der Waals surface area contributed by atoms with Gasteiger partial charge in [0.05, 0.1) is 11.1 Å². The molecule has 0 saturated heterocycles. The lowest BCUT2D eigenvalue weighted by Crippen LogP contribution is -1.99. The fraction of sp³-hybridized carbons (Fsp3) is 0.167. The Morgan fingerprint density at radius 2 is 2.06 bits per heavy atom. The maximum Gasteiger partial charge on any atom is 0.313 e. The predicted molar refractivity (Wildman–Crippen MR) is 64.8 cm³/mol. The van der Waals surface area contributed by atoms with Crippen molar-refractivity contribution in [2.75, 3.05) is 5.75 Å². The molecule has 1 N–H and O–H groups in total. The van der Waals surface area contributed by atoms with Crippen molar-refractivity contribution in [1.82, 2.24) is 4.98 Å². The number of hydrogen-bond donors (Lipinski definition) is 1. The number of rotatable bonds is 3. The van der Waals surface area contributed by atoms with Crippen LogP contribution in [0, 0.1) is 18.6 Å². The Balaban J connectivity index is 2.64. The number of halogens is 2. The molecule has 2 rings (SSSR count). The number of carboxylic acids is 1. The van der Waals surface area contributed by atoms with Gasteiger partial charge in [0, 0.05) is 10.6 Å². The number of carbonyl (C=O) groups is 1. The molecule has 1 heterocycles. The predicted octanol–water partition coefficient (Wildman–Crippen LogP) is 3.00. The Morgan fingerprint density at radius 3 is 2.72 bits per heavy atom. The van der Waals surface area contributed by atoms with E-state index in [1.165, 1.54) is 0 Å². The van der Waals surface area contributed by atoms with Gasteiger partial charge in [-0.15, -0.1) is 11.8 Å². The van der Waals surface area contributed by atoms with Gasteiger partial charge >= 0.3 is 5.97 Å². The molecule has 0 unspecified atom stereocenters. The fourth-order valence-corrected chi connectivity index (χ4v) is 2.48. The Kier molecular flexibility index (Phi) is 3.47. The van der Waals surface area contributed by atoms with Crippen LogP contribution in [-0.2, 0) is 4.79 Å². The highest BCUT2D eigenvalue weighted by Crippen LogP contribution is 2.31. The van der Waals surface area contributed by atoms with Crippen LogP contribution in [0.15, 0.2) is 23.1 Å². The van der Waals surface area contributed by atoms with Crippen LogP contribution < -0.4 is 0 Å². The first-order valence-electron chi connectivity index (χ1n) is 5.09. The topological polar surface area (TPSA) is 50.2 Å². The lowest BCUT2D eigenvalue weighted by Gasteiger charge is -2.08. The minimum absolute atomic E-state index is 0.0341. The molecule has 18 heavy (non-hydrogen) atoms. The number of thioether (sulfide) groups is 1. The van der Waals surface area contributed by atoms with Gasteiger partial charge in [0.15, 0.2) is 0 Å². The molecule has 6 heteroatoms. The molecule has 1 aromatic carbocycles. The van der Waals surface area contributed by atoms with Crippen molar-refractivity contribution in [3.63, 3.8) is 0 Å². The van der Waals surface area contributed by atoms with E-state index in [9.17, 15) is 13.6 Å². The number of nitrogens with zero attached hydrogens (tertiary/aromatic N) is 1. The molecule has 3 nitrogen and oxygen atoms in total. The normalized spacial score (nSPS) is 10.8. The fourth-order valence-electron chi connectivity index (χ4n) is 1.61. The monoisotopic (exact) mass is 269 g/mol. The third-order valence-electron chi connectivity index (χ3n) is 2.30. The SMILES string of the molecule is Cc1cc(SCC(=O)O)c2c(F)ccc(F)c2n1. The molecule has 0 bridgehead atoms. The first-order chi connectivity index (χ1) is 8.49. The number of fused-ring (bicyclic) bond motifs is 1. The largest absolute Gasteiger partial charge is 0.481 e. The van der Waals surface area contributed by atoms with Crippen molar-refractivity contribution in [1.29, 1.82) is 0 Å². The Bertz CT molecular complexity index is 631. The smallest absolute Gasteiger partial charge is 0.313 e. The second-order valence-corrected chi connectivity index (χ2v) is 4.71. The van der Waals surface area contributed by atoms with Crippen molar-refractivity contribution in [3.8, 4) is 0 Å². The molecular weight excluding hydrogens is 260 g/mol. The van der Waals surface area contributed by atoms with E-state index < -0.39 is 17.6 Å². The maximum absolute atomic E-state index is 13.7. The average molecular weight is 269 g/mol. The van der Waals surface area contributed by atoms with Crippen LogP contribution in [-0.4, -0.2) is 21.8 Å². The zero-order chi connectivity index (χ0) is 13.3. The number of hydrogen-bond acceptors (Lipinski definition) is 3. The summed E-state index contributed by atoms with van der Waals surface area (Å²) >= 11 is 0.949. The molecule has 0 aliphatic heterocycles. The van der Waals surface area contributed by atoms with Gasteiger partial charge in [0.25, 0.3) is 0 Å². The summed E-state index contributed by atoms with van der Waals surface area (Å²) in [4.78, 5) is 14.9. The maximum atomic E-state index is 13.7. The van der Waals surface area contributed by atoms with Gasteiger partial charge in [-0.2, -0.15) is 0 Å². The van der Waals surface area contributed by atoms with Crippen LogP contribution >= 0.6 is 11.8 Å². The lowest BCUT2D eigenvalue weighted by molar-refractivity contribution is -0.133. The summed E-state index contributed by atoms with van der Waals surface area (Å²) in [6, 6.07) is 3.58. The van der Waals surface area contributed by atoms with E-state index in [1.54, 1.807) is 13.0 Å². The summed E-state index contributed by atoms with van der Waals surface area (Å²) in [7, 11) is 0. The minimum atomic E-state index is -1.01. The van der Waals surface area contributed by atoms with Crippen LogP contribution in [0.4, 0.5) is 8.78 Å². The van der Waals surface area contributed by atoms with Crippen LogP contribution in [0.5, 0.6) is 0 Å². The summed E-state index contributed by atoms with van der Waals surface area (Å²) in [5.41, 5.74) is 0.447. The molecule has 2 aromatic rings. The molecule has 0 aliphatic rings. The number of carboxylic acid groups (broad SMARTS) is 1. The Hall–Kier alpha value is -1.69. The number of aliphatic carboxylic acids is 1. The van der Waals surface area contributed by atoms with Gasteiger partial charge in [-0.1, -0.05) is 0 Å². The average Bonchev–Trinajstić information content (AvgIpc) is 2.30. The van der Waals surface area contributed by atoms with E-state index in [-0.39, 0.29) is 16.7 Å². The van der Waals surface area contributed by atoms with Crippen LogP contribution in [0.25, 0.3) is 10.9 Å². The molecule has 0 saturated carbocycles. The number of benzene rings is 1. The van der Waals surface area contributed by atoms with Gasteiger partial charge in [-0.3, -0.25) is 4.79 Å². The molecule has 0 spiro atoms. The van der Waals surface area contributed by atoms with E-state index in [4.69, 9.17) is 5.11 Å². The van der Waals surface area contributed by atoms with Crippen LogP contribution in [0.3, 0.4) is 0 Å². The molecule has 94 valence electrons. The van der Waals surface area contributed by atoms with Crippen molar-refractivity contribution in [2.24, 2.45) is 0 Å². The quantitative estimate of drug-likeness (QED) is 0.870. The second-order valence-electron chi connectivity index (χ2n) is 3.70. The highest BCUT2D eigenvalue weighted by atomic mass is 32.2. The van der Waals surface area contributed by atoms with E-state index in [1.807, 2.05) is 0 Å². The van der Waals surface area contributed by atoms with Gasteiger partial charge in [-0.25, -0.2) is 13.8 Å². The van der Waals surface area contributed by atoms with Crippen LogP contribution in [0.1, 0.15) is 5.69 Å². The highest BCUT2D eigenvalue weighted by Gasteiger charge is 2.14. The lowest BCUT2D eigenvalue weighted by atomic mass is 10.2. The van der Waals surface area contributed by atoms with E-state index >= 15 is 0 Å². The molecule has 0 aliphatic carbocycles. The number of aromatic nitrogens is 1. The van der Waals surface area contributed by atoms with Gasteiger partial charge < -0.3 is 5.11 Å². The van der Waals surface area contributed by atoms with Gasteiger partial charge in [0.2, 0.25) is 0 Å². The summed E-state index contributed by atoms with van der Waals surface area (Å²) in [6.45, 7) is 1.65. The third-order valence-corrected chi connectivity index (χ3v) is 3.33. The molecule has 1 aromatic heterocycles. The molecule has 0 atom stereocenters. The van der Waals surface area contributed by atoms with Crippen molar-refractivity contribution >= 4 is 28.6 Å². The number of pyridine rings is 1. The summed E-state index contributed by atoms with van der Waals surface area (Å²) in [5.74, 6) is -2.45. The minimum Gasteiger partial charge on any atom is -0.481 e. The van der Waals surface area contributed by atoms with E-state index in [2.05, 4.69) is 4.98 Å². The standard InChI is InChI=1S/C12H9F2NO2S/c1-6-4-9(18-5-10(16)17)11-7(13)2-3-8(14)12(11)15-6/h2-4H,5H2,1H3,(H,16,17). The van der Waals surface area contributed by atoms with E-state index in [0.717, 1.165) is 23.9 Å². The summed E-state index contributed by atoms with van der Waals surface area (Å²) in [5, 5.41) is 8.67. The first kappa shape index (κ1) is 12.8. The van der Waals surface area contributed by atoms with Gasteiger partial charge in [-0.05, 0) is 25.1 Å². The summed E-state index contributed by atoms with van der Waals surface area (Å²) in [6.07, 6.45) is 0. The zero-order valence-corrected chi connectivity index (χ0v) is 10.2. The molecule has 0 fully saturated rings. The Morgan fingerprint density at radius 1 is 1.39 bits per heavy atom. The zero-order valence-electron chi connectivity index (χ0n) is 9.41. The van der Waals surface area contributed by atoms with Crippen molar-refractivity contribution in [3.05, 3.63) is 35.5 Å². The van der Waals surface area contributed by atoms with Crippen molar-refractivity contribution < 1.29 is 18.7 Å². The molecule has 0 amide bonds. The highest BCUT2D eigenvalue weighted by molar-refractivity contribution is 8.00. The number of aryl methyl sites for hydroxylation is 1. The third kappa shape index (κ3) is 2.43. The second kappa shape index (κ2) is 4.89. The molecule has 0 radical (unpaired) electrons. The van der Waals surface area contributed by atoms with Crippen molar-refractivity contribution in [2.45, 2.75) is 11.8 Å². The molecular formula is C12H9F2NO2S. The Labute approximate surface area is 106 Å². The summed E-state index contributed by atoms with van der Waals surface area (Å²) < 4.78 is 27.3. The van der Waals surface area contributed by atoms with Gasteiger partial charge in [0.1, 0.15) is 17.2 Å². The van der Waals surface area contributed by atoms with Crippen LogP contribution in [0.2, 0.25) is 0 Å².